The summed E-state index contributed by atoms with van der Waals surface area (Å²) in [5.74, 6) is -0.484. The maximum Gasteiger partial charge on any atom is 0.273 e. The van der Waals surface area contributed by atoms with Crippen molar-refractivity contribution in [1.82, 2.24) is 10.2 Å². The van der Waals surface area contributed by atoms with E-state index in [1.807, 2.05) is 44.2 Å². The lowest BCUT2D eigenvalue weighted by Gasteiger charge is -2.30. The number of nitrogens with zero attached hydrogens (tertiary/aromatic N) is 2. The first kappa shape index (κ1) is 23.1. The van der Waals surface area contributed by atoms with Crippen molar-refractivity contribution in [3.63, 3.8) is 0 Å². The highest BCUT2D eigenvalue weighted by molar-refractivity contribution is 5.88. The Hall–Kier alpha value is -3.22. The maximum absolute atomic E-state index is 13.2. The van der Waals surface area contributed by atoms with E-state index >= 15 is 0 Å². The smallest absolute Gasteiger partial charge is 0.273 e. The SMILES string of the molecule is CCCNC(=O)[C@H](CC)N(CCc1ccccc1)C(=O)Cc1ccccc1[N+](=O)[O-]. The summed E-state index contributed by atoms with van der Waals surface area (Å²) in [6, 6.07) is 15.3. The molecule has 0 unspecified atom stereocenters. The quantitative estimate of drug-likeness (QED) is 0.452. The summed E-state index contributed by atoms with van der Waals surface area (Å²) in [5, 5.41) is 14.2. The Bertz CT molecular complexity index is 855. The van der Waals surface area contributed by atoms with Gasteiger partial charge in [0, 0.05) is 24.7 Å². The minimum atomic E-state index is -0.615. The van der Waals surface area contributed by atoms with Gasteiger partial charge in [0.1, 0.15) is 6.04 Å². The van der Waals surface area contributed by atoms with Crippen molar-refractivity contribution in [2.45, 2.75) is 45.6 Å². The lowest BCUT2D eigenvalue weighted by Crippen LogP contribution is -2.50. The Morgan fingerprint density at radius 2 is 1.73 bits per heavy atom. The van der Waals surface area contributed by atoms with E-state index < -0.39 is 11.0 Å². The molecule has 0 bridgehead atoms. The molecule has 0 radical (unpaired) electrons. The van der Waals surface area contributed by atoms with Gasteiger partial charge in [0.15, 0.2) is 0 Å². The zero-order valence-electron chi connectivity index (χ0n) is 17.5. The number of para-hydroxylation sites is 1. The standard InChI is InChI=1S/C23H29N3O4/c1-3-15-24-23(28)20(4-2)25(16-14-18-10-6-5-7-11-18)22(27)17-19-12-8-9-13-21(19)26(29)30/h5-13,20H,3-4,14-17H2,1-2H3,(H,24,28)/t20-/m0/s1. The number of hydrogen-bond donors (Lipinski definition) is 1. The van der Waals surface area contributed by atoms with Crippen molar-refractivity contribution in [3.8, 4) is 0 Å². The van der Waals surface area contributed by atoms with Gasteiger partial charge in [-0.15, -0.1) is 0 Å². The van der Waals surface area contributed by atoms with Gasteiger partial charge in [-0.1, -0.05) is 62.4 Å². The number of carbonyl (C=O) groups excluding carboxylic acids is 2. The first-order valence-electron chi connectivity index (χ1n) is 10.3. The number of benzene rings is 2. The van der Waals surface area contributed by atoms with Crippen molar-refractivity contribution >= 4 is 17.5 Å². The highest BCUT2D eigenvalue weighted by atomic mass is 16.6. The molecular weight excluding hydrogens is 382 g/mol. The summed E-state index contributed by atoms with van der Waals surface area (Å²) in [5.41, 5.74) is 1.32. The van der Waals surface area contributed by atoms with Crippen molar-refractivity contribution in [3.05, 3.63) is 75.8 Å². The van der Waals surface area contributed by atoms with Crippen LogP contribution in [-0.4, -0.2) is 40.8 Å². The average molecular weight is 412 g/mol. The second-order valence-electron chi connectivity index (χ2n) is 7.10. The summed E-state index contributed by atoms with van der Waals surface area (Å²) in [6.07, 6.45) is 1.74. The summed E-state index contributed by atoms with van der Waals surface area (Å²) in [4.78, 5) is 38.3. The van der Waals surface area contributed by atoms with Gasteiger partial charge in [0.05, 0.1) is 11.3 Å². The number of carbonyl (C=O) groups is 2. The van der Waals surface area contributed by atoms with E-state index in [1.54, 1.807) is 23.1 Å². The van der Waals surface area contributed by atoms with Gasteiger partial charge in [-0.2, -0.15) is 0 Å². The Morgan fingerprint density at radius 1 is 1.07 bits per heavy atom. The van der Waals surface area contributed by atoms with E-state index in [2.05, 4.69) is 5.32 Å². The molecule has 7 heteroatoms. The molecule has 0 fully saturated rings. The third-order valence-electron chi connectivity index (χ3n) is 4.95. The van der Waals surface area contributed by atoms with Crippen LogP contribution < -0.4 is 5.32 Å². The van der Waals surface area contributed by atoms with E-state index in [9.17, 15) is 19.7 Å². The van der Waals surface area contributed by atoms with Gasteiger partial charge in [-0.3, -0.25) is 19.7 Å². The summed E-state index contributed by atoms with van der Waals surface area (Å²) in [7, 11) is 0. The monoisotopic (exact) mass is 411 g/mol. The number of nitro groups is 1. The lowest BCUT2D eigenvalue weighted by atomic mass is 10.1. The Kier molecular flexibility index (Phi) is 9.00. The maximum atomic E-state index is 13.2. The Labute approximate surface area is 177 Å². The van der Waals surface area contributed by atoms with Gasteiger partial charge in [0.25, 0.3) is 5.69 Å². The number of nitrogens with one attached hydrogen (secondary N) is 1. The first-order chi connectivity index (χ1) is 14.5. The van der Waals surface area contributed by atoms with Gasteiger partial charge < -0.3 is 10.2 Å². The van der Waals surface area contributed by atoms with Gasteiger partial charge in [-0.25, -0.2) is 0 Å². The molecule has 30 heavy (non-hydrogen) atoms. The fourth-order valence-corrected chi connectivity index (χ4v) is 3.36. The number of rotatable bonds is 11. The highest BCUT2D eigenvalue weighted by Gasteiger charge is 2.29. The first-order valence-corrected chi connectivity index (χ1v) is 10.3. The molecule has 7 nitrogen and oxygen atoms in total. The Morgan fingerprint density at radius 3 is 2.37 bits per heavy atom. The molecule has 160 valence electrons. The molecule has 1 N–H and O–H groups in total. The topological polar surface area (TPSA) is 92.6 Å². The van der Waals surface area contributed by atoms with Crippen LogP contribution in [0.3, 0.4) is 0 Å². The minimum absolute atomic E-state index is 0.0858. The molecule has 1 atom stereocenters. The number of hydrogen-bond acceptors (Lipinski definition) is 4. The van der Waals surface area contributed by atoms with E-state index in [4.69, 9.17) is 0 Å². The average Bonchev–Trinajstić information content (AvgIpc) is 2.75. The van der Waals surface area contributed by atoms with E-state index in [-0.39, 0.29) is 23.9 Å². The molecular formula is C23H29N3O4. The molecule has 2 amide bonds. The third kappa shape index (κ3) is 6.40. The van der Waals surface area contributed by atoms with E-state index in [1.165, 1.54) is 6.07 Å². The van der Waals surface area contributed by atoms with Crippen LogP contribution in [0.2, 0.25) is 0 Å². The fourth-order valence-electron chi connectivity index (χ4n) is 3.36. The Balaban J connectivity index is 2.25. The van der Waals surface area contributed by atoms with Crippen molar-refractivity contribution in [2.24, 2.45) is 0 Å². The third-order valence-corrected chi connectivity index (χ3v) is 4.95. The molecule has 0 saturated carbocycles. The van der Waals surface area contributed by atoms with Crippen LogP contribution in [0.15, 0.2) is 54.6 Å². The second-order valence-corrected chi connectivity index (χ2v) is 7.10. The van der Waals surface area contributed by atoms with Gasteiger partial charge >= 0.3 is 0 Å². The van der Waals surface area contributed by atoms with Crippen molar-refractivity contribution in [2.75, 3.05) is 13.1 Å². The normalized spacial score (nSPS) is 11.5. The van der Waals surface area contributed by atoms with Gasteiger partial charge in [0.2, 0.25) is 11.8 Å². The molecule has 0 aliphatic rings. The minimum Gasteiger partial charge on any atom is -0.354 e. The fraction of sp³-hybridized carbons (Fsp3) is 0.391. The molecule has 0 spiro atoms. The van der Waals surface area contributed by atoms with Crippen LogP contribution in [0, 0.1) is 10.1 Å². The molecule has 0 aromatic heterocycles. The van der Waals surface area contributed by atoms with E-state index in [0.29, 0.717) is 31.5 Å². The zero-order chi connectivity index (χ0) is 21.9. The van der Waals surface area contributed by atoms with Crippen LogP contribution in [-0.2, 0) is 22.4 Å². The van der Waals surface area contributed by atoms with Gasteiger partial charge in [-0.05, 0) is 24.8 Å². The summed E-state index contributed by atoms with van der Waals surface area (Å²) in [6.45, 7) is 4.74. The molecule has 0 saturated heterocycles. The highest BCUT2D eigenvalue weighted by Crippen LogP contribution is 2.20. The number of nitro benzene ring substituents is 1. The second kappa shape index (κ2) is 11.7. The predicted octanol–water partition coefficient (Wildman–Crippen LogP) is 3.51. The zero-order valence-corrected chi connectivity index (χ0v) is 17.5. The predicted molar refractivity (Wildman–Crippen MR) is 116 cm³/mol. The summed E-state index contributed by atoms with van der Waals surface area (Å²) < 4.78 is 0. The molecule has 2 rings (SSSR count). The van der Waals surface area contributed by atoms with Crippen molar-refractivity contribution in [1.29, 1.82) is 0 Å². The van der Waals surface area contributed by atoms with Crippen LogP contribution in [0.5, 0.6) is 0 Å². The van der Waals surface area contributed by atoms with Crippen LogP contribution in [0.25, 0.3) is 0 Å². The van der Waals surface area contributed by atoms with E-state index in [0.717, 1.165) is 12.0 Å². The lowest BCUT2D eigenvalue weighted by molar-refractivity contribution is -0.385. The van der Waals surface area contributed by atoms with Crippen molar-refractivity contribution < 1.29 is 14.5 Å². The van der Waals surface area contributed by atoms with Crippen LogP contribution >= 0.6 is 0 Å². The summed E-state index contributed by atoms with van der Waals surface area (Å²) >= 11 is 0. The molecule has 0 aliphatic heterocycles. The number of amides is 2. The molecule has 2 aromatic carbocycles. The van der Waals surface area contributed by atoms with Crippen LogP contribution in [0.1, 0.15) is 37.8 Å². The molecule has 0 heterocycles. The molecule has 0 aliphatic carbocycles. The largest absolute Gasteiger partial charge is 0.354 e. The molecule has 2 aromatic rings. The van der Waals surface area contributed by atoms with Crippen LogP contribution in [0.4, 0.5) is 5.69 Å².